The van der Waals surface area contributed by atoms with Crippen LogP contribution in [0.2, 0.25) is 0 Å². The molecule has 6 nitrogen and oxygen atoms in total. The molecular weight excluding hydrogens is 266 g/mol. The third-order valence-electron chi connectivity index (χ3n) is 3.27. The van der Waals surface area contributed by atoms with Gasteiger partial charge in [-0.25, -0.2) is 0 Å². The van der Waals surface area contributed by atoms with Crippen molar-refractivity contribution in [1.29, 1.82) is 0 Å². The number of hydrogen-bond acceptors (Lipinski definition) is 5. The molecule has 0 aliphatic carbocycles. The van der Waals surface area contributed by atoms with Crippen LogP contribution in [0.3, 0.4) is 0 Å². The van der Waals surface area contributed by atoms with Gasteiger partial charge in [-0.05, 0) is 18.2 Å². The van der Waals surface area contributed by atoms with Crippen LogP contribution in [0.1, 0.15) is 0 Å². The Bertz CT molecular complexity index is 767. The zero-order valence-corrected chi connectivity index (χ0v) is 11.8. The molecule has 3 aromatic heterocycles. The summed E-state index contributed by atoms with van der Waals surface area (Å²) in [4.78, 5) is 8.44. The molecular formula is C15H15N5O. The maximum atomic E-state index is 6.17. The normalized spacial score (nSPS) is 10.6. The Kier molecular flexibility index (Phi) is 3.27. The quantitative estimate of drug-likeness (QED) is 0.795. The number of nitrogen functional groups attached to an aromatic ring is 1. The average Bonchev–Trinajstić information content (AvgIpc) is 2.83. The summed E-state index contributed by atoms with van der Waals surface area (Å²) in [6.07, 6.45) is 5.09. The lowest BCUT2D eigenvalue weighted by atomic mass is 10.0. The first kappa shape index (κ1) is 13.1. The van der Waals surface area contributed by atoms with E-state index in [1.807, 2.05) is 24.3 Å². The molecule has 0 aromatic carbocycles. The summed E-state index contributed by atoms with van der Waals surface area (Å²) >= 11 is 0. The zero-order valence-electron chi connectivity index (χ0n) is 11.8. The summed E-state index contributed by atoms with van der Waals surface area (Å²) in [5, 5.41) is 4.51. The topological polar surface area (TPSA) is 78.9 Å². The number of methoxy groups -OCH3 is 1. The SMILES string of the molecule is COc1cnccc1-c1nn(C)c(N)c1-c1ccccn1. The van der Waals surface area contributed by atoms with E-state index in [2.05, 4.69) is 15.1 Å². The van der Waals surface area contributed by atoms with Crippen molar-refractivity contribution < 1.29 is 4.74 Å². The molecule has 0 aliphatic rings. The lowest BCUT2D eigenvalue weighted by Crippen LogP contribution is -1.98. The van der Waals surface area contributed by atoms with Gasteiger partial charge in [-0.2, -0.15) is 5.10 Å². The van der Waals surface area contributed by atoms with E-state index in [0.29, 0.717) is 11.6 Å². The van der Waals surface area contributed by atoms with E-state index in [1.54, 1.807) is 37.4 Å². The number of aryl methyl sites for hydroxylation is 1. The summed E-state index contributed by atoms with van der Waals surface area (Å²) in [6.45, 7) is 0. The Labute approximate surface area is 122 Å². The van der Waals surface area contributed by atoms with Gasteiger partial charge in [-0.15, -0.1) is 0 Å². The Morgan fingerprint density at radius 2 is 2.05 bits per heavy atom. The van der Waals surface area contributed by atoms with Gasteiger partial charge in [-0.1, -0.05) is 6.07 Å². The second kappa shape index (κ2) is 5.24. The smallest absolute Gasteiger partial charge is 0.146 e. The molecule has 3 aromatic rings. The Hall–Kier alpha value is -2.89. The van der Waals surface area contributed by atoms with Gasteiger partial charge in [-0.3, -0.25) is 14.6 Å². The number of hydrogen-bond donors (Lipinski definition) is 1. The summed E-state index contributed by atoms with van der Waals surface area (Å²) in [6, 6.07) is 7.54. The molecule has 3 rings (SSSR count). The molecule has 0 spiro atoms. The van der Waals surface area contributed by atoms with E-state index in [4.69, 9.17) is 10.5 Å². The lowest BCUT2D eigenvalue weighted by molar-refractivity contribution is 0.414. The first-order chi connectivity index (χ1) is 10.2. The Morgan fingerprint density at radius 3 is 2.76 bits per heavy atom. The number of pyridine rings is 2. The fourth-order valence-corrected chi connectivity index (χ4v) is 2.23. The van der Waals surface area contributed by atoms with Gasteiger partial charge >= 0.3 is 0 Å². The molecule has 3 heterocycles. The molecule has 0 saturated carbocycles. The molecule has 106 valence electrons. The highest BCUT2D eigenvalue weighted by molar-refractivity contribution is 5.88. The van der Waals surface area contributed by atoms with Crippen molar-refractivity contribution >= 4 is 5.82 Å². The lowest BCUT2D eigenvalue weighted by Gasteiger charge is -2.07. The summed E-state index contributed by atoms with van der Waals surface area (Å²) in [5.74, 6) is 1.20. The number of aromatic nitrogens is 4. The highest BCUT2D eigenvalue weighted by Gasteiger charge is 2.20. The molecule has 0 saturated heterocycles. The second-order valence-electron chi connectivity index (χ2n) is 4.52. The Morgan fingerprint density at radius 1 is 1.19 bits per heavy atom. The van der Waals surface area contributed by atoms with Crippen LogP contribution in [0.25, 0.3) is 22.5 Å². The number of nitrogens with two attached hydrogens (primary N) is 1. The standard InChI is InChI=1S/C15H15N5O/c1-20-15(16)13(11-5-3-4-7-18-11)14(19-20)10-6-8-17-9-12(10)21-2/h3-9H,16H2,1-2H3. The van der Waals surface area contributed by atoms with Crippen molar-refractivity contribution in [1.82, 2.24) is 19.7 Å². The maximum Gasteiger partial charge on any atom is 0.146 e. The molecule has 2 N–H and O–H groups in total. The van der Waals surface area contributed by atoms with Crippen molar-refractivity contribution in [2.75, 3.05) is 12.8 Å². The van der Waals surface area contributed by atoms with Gasteiger partial charge in [0, 0.05) is 25.0 Å². The van der Waals surface area contributed by atoms with E-state index >= 15 is 0 Å². The predicted molar refractivity (Wildman–Crippen MR) is 80.6 cm³/mol. The van der Waals surface area contributed by atoms with Crippen LogP contribution in [0.4, 0.5) is 5.82 Å². The number of ether oxygens (including phenoxy) is 1. The summed E-state index contributed by atoms with van der Waals surface area (Å²) in [5.41, 5.74) is 9.30. The molecule has 21 heavy (non-hydrogen) atoms. The van der Waals surface area contributed by atoms with Gasteiger partial charge in [0.15, 0.2) is 0 Å². The van der Waals surface area contributed by atoms with Crippen LogP contribution >= 0.6 is 0 Å². The minimum absolute atomic E-state index is 0.558. The highest BCUT2D eigenvalue weighted by Crippen LogP contribution is 2.38. The first-order valence-corrected chi connectivity index (χ1v) is 6.44. The van der Waals surface area contributed by atoms with Crippen LogP contribution in [0.15, 0.2) is 42.9 Å². The van der Waals surface area contributed by atoms with Gasteiger partial charge in [0.1, 0.15) is 17.3 Å². The zero-order chi connectivity index (χ0) is 14.8. The van der Waals surface area contributed by atoms with Gasteiger partial charge in [0.25, 0.3) is 0 Å². The molecule has 0 aliphatic heterocycles. The molecule has 0 unspecified atom stereocenters. The van der Waals surface area contributed by atoms with Gasteiger partial charge in [0.2, 0.25) is 0 Å². The van der Waals surface area contributed by atoms with Crippen molar-refractivity contribution in [2.24, 2.45) is 7.05 Å². The fraction of sp³-hybridized carbons (Fsp3) is 0.133. The molecule has 0 bridgehead atoms. The minimum atomic E-state index is 0.558. The van der Waals surface area contributed by atoms with Gasteiger partial charge in [0.05, 0.1) is 24.6 Å². The van der Waals surface area contributed by atoms with Crippen molar-refractivity contribution in [3.63, 3.8) is 0 Å². The molecule has 0 amide bonds. The van der Waals surface area contributed by atoms with Crippen LogP contribution in [-0.4, -0.2) is 26.9 Å². The third kappa shape index (κ3) is 2.20. The monoisotopic (exact) mass is 281 g/mol. The number of rotatable bonds is 3. The fourth-order valence-electron chi connectivity index (χ4n) is 2.23. The van der Waals surface area contributed by atoms with Gasteiger partial charge < -0.3 is 10.5 Å². The third-order valence-corrected chi connectivity index (χ3v) is 3.27. The number of anilines is 1. The second-order valence-corrected chi connectivity index (χ2v) is 4.52. The molecule has 6 heteroatoms. The van der Waals surface area contributed by atoms with Crippen molar-refractivity contribution in [3.05, 3.63) is 42.9 Å². The van der Waals surface area contributed by atoms with Crippen LogP contribution < -0.4 is 10.5 Å². The van der Waals surface area contributed by atoms with E-state index in [0.717, 1.165) is 22.5 Å². The summed E-state index contributed by atoms with van der Waals surface area (Å²) in [7, 11) is 3.41. The van der Waals surface area contributed by atoms with E-state index in [-0.39, 0.29) is 0 Å². The van der Waals surface area contributed by atoms with E-state index < -0.39 is 0 Å². The van der Waals surface area contributed by atoms with Crippen molar-refractivity contribution in [2.45, 2.75) is 0 Å². The average molecular weight is 281 g/mol. The molecule has 0 fully saturated rings. The number of nitrogens with zero attached hydrogens (tertiary/aromatic N) is 4. The van der Waals surface area contributed by atoms with Crippen molar-refractivity contribution in [3.8, 4) is 28.3 Å². The first-order valence-electron chi connectivity index (χ1n) is 6.44. The van der Waals surface area contributed by atoms with E-state index in [9.17, 15) is 0 Å². The Balaban J connectivity index is 2.27. The van der Waals surface area contributed by atoms with E-state index in [1.165, 1.54) is 0 Å². The largest absolute Gasteiger partial charge is 0.494 e. The predicted octanol–water partition coefficient (Wildman–Crippen LogP) is 2.13. The summed E-state index contributed by atoms with van der Waals surface area (Å²) < 4.78 is 7.00. The maximum absolute atomic E-state index is 6.17. The molecule has 0 atom stereocenters. The van der Waals surface area contributed by atoms with Crippen LogP contribution in [-0.2, 0) is 7.05 Å². The van der Waals surface area contributed by atoms with Crippen LogP contribution in [0.5, 0.6) is 5.75 Å². The minimum Gasteiger partial charge on any atom is -0.494 e. The highest BCUT2D eigenvalue weighted by atomic mass is 16.5. The molecule has 0 radical (unpaired) electrons. The van der Waals surface area contributed by atoms with Crippen LogP contribution in [0, 0.1) is 0 Å².